The van der Waals surface area contributed by atoms with E-state index in [1.54, 1.807) is 18.3 Å². The van der Waals surface area contributed by atoms with Crippen LogP contribution in [0.2, 0.25) is 0 Å². The molecule has 1 saturated heterocycles. The fourth-order valence-electron chi connectivity index (χ4n) is 2.66. The van der Waals surface area contributed by atoms with E-state index >= 15 is 0 Å². The van der Waals surface area contributed by atoms with Crippen molar-refractivity contribution in [1.82, 2.24) is 9.88 Å². The molecule has 0 spiro atoms. The first-order valence-electron chi connectivity index (χ1n) is 7.28. The Bertz CT molecular complexity index is 576. The van der Waals surface area contributed by atoms with Gasteiger partial charge in [0.05, 0.1) is 18.4 Å². The van der Waals surface area contributed by atoms with Crippen LogP contribution in [0.1, 0.15) is 17.7 Å². The molecule has 1 aliphatic heterocycles. The molecule has 1 atom stereocenters. The number of ether oxygens (including phenoxy) is 1. The van der Waals surface area contributed by atoms with Gasteiger partial charge in [0.1, 0.15) is 5.82 Å². The molecule has 4 heteroatoms. The second kappa shape index (κ2) is 6.78. The second-order valence-electron chi connectivity index (χ2n) is 5.41. The van der Waals surface area contributed by atoms with E-state index in [-0.39, 0.29) is 11.9 Å². The van der Waals surface area contributed by atoms with E-state index < -0.39 is 0 Å². The van der Waals surface area contributed by atoms with Gasteiger partial charge in [-0.3, -0.25) is 9.88 Å². The van der Waals surface area contributed by atoms with E-state index in [0.717, 1.165) is 37.3 Å². The molecular weight excluding hydrogens is 267 g/mol. The second-order valence-corrected chi connectivity index (χ2v) is 5.41. The van der Waals surface area contributed by atoms with Crippen LogP contribution in [0.4, 0.5) is 4.39 Å². The summed E-state index contributed by atoms with van der Waals surface area (Å²) < 4.78 is 19.1. The zero-order chi connectivity index (χ0) is 14.5. The van der Waals surface area contributed by atoms with Crippen molar-refractivity contribution >= 4 is 0 Å². The highest BCUT2D eigenvalue weighted by molar-refractivity contribution is 5.16. The lowest BCUT2D eigenvalue weighted by Gasteiger charge is -2.16. The first-order chi connectivity index (χ1) is 10.3. The van der Waals surface area contributed by atoms with Gasteiger partial charge in [0.25, 0.3) is 0 Å². The molecule has 1 fully saturated rings. The molecular formula is C17H19FN2O. The number of rotatable bonds is 5. The number of halogens is 1. The Morgan fingerprint density at radius 3 is 3.00 bits per heavy atom. The van der Waals surface area contributed by atoms with Crippen LogP contribution in [0.15, 0.2) is 48.7 Å². The van der Waals surface area contributed by atoms with E-state index in [1.165, 1.54) is 6.07 Å². The molecule has 0 N–H and O–H groups in total. The Hall–Kier alpha value is -1.78. The SMILES string of the molecule is Fc1cccc(CN2CC[C@@H](OCc3ccccn3)C2)c1. The first kappa shape index (κ1) is 14.2. The minimum atomic E-state index is -0.172. The number of pyridine rings is 1. The van der Waals surface area contributed by atoms with Gasteiger partial charge in [-0.05, 0) is 36.2 Å². The Kier molecular flexibility index (Phi) is 4.58. The summed E-state index contributed by atoms with van der Waals surface area (Å²) in [7, 11) is 0. The third-order valence-corrected chi connectivity index (χ3v) is 3.72. The van der Waals surface area contributed by atoms with Gasteiger partial charge in [0.2, 0.25) is 0 Å². The first-order valence-corrected chi connectivity index (χ1v) is 7.28. The van der Waals surface area contributed by atoms with Crippen LogP contribution in [0.25, 0.3) is 0 Å². The number of benzene rings is 1. The van der Waals surface area contributed by atoms with Gasteiger partial charge >= 0.3 is 0 Å². The Morgan fingerprint density at radius 1 is 1.24 bits per heavy atom. The van der Waals surface area contributed by atoms with Crippen LogP contribution in [-0.2, 0) is 17.9 Å². The number of likely N-dealkylation sites (tertiary alicyclic amines) is 1. The smallest absolute Gasteiger partial charge is 0.123 e. The van der Waals surface area contributed by atoms with E-state index in [1.807, 2.05) is 24.3 Å². The molecule has 1 aromatic carbocycles. The Labute approximate surface area is 124 Å². The van der Waals surface area contributed by atoms with Crippen molar-refractivity contribution in [2.45, 2.75) is 25.7 Å². The summed E-state index contributed by atoms with van der Waals surface area (Å²) in [5, 5.41) is 0. The van der Waals surface area contributed by atoms with Crippen LogP contribution >= 0.6 is 0 Å². The van der Waals surface area contributed by atoms with Gasteiger partial charge in [-0.1, -0.05) is 18.2 Å². The van der Waals surface area contributed by atoms with E-state index in [9.17, 15) is 4.39 Å². The van der Waals surface area contributed by atoms with Gasteiger partial charge < -0.3 is 4.74 Å². The maximum atomic E-state index is 13.2. The molecule has 3 nitrogen and oxygen atoms in total. The van der Waals surface area contributed by atoms with Gasteiger partial charge in [-0.15, -0.1) is 0 Å². The van der Waals surface area contributed by atoms with Crippen LogP contribution in [0.3, 0.4) is 0 Å². The van der Waals surface area contributed by atoms with Crippen molar-refractivity contribution in [1.29, 1.82) is 0 Å². The molecule has 0 unspecified atom stereocenters. The molecule has 0 aliphatic carbocycles. The molecule has 0 amide bonds. The fraction of sp³-hybridized carbons (Fsp3) is 0.353. The summed E-state index contributed by atoms with van der Waals surface area (Å²) in [6, 6.07) is 12.6. The van der Waals surface area contributed by atoms with Crippen LogP contribution in [0.5, 0.6) is 0 Å². The van der Waals surface area contributed by atoms with Crippen LogP contribution < -0.4 is 0 Å². The highest BCUT2D eigenvalue weighted by atomic mass is 19.1. The number of nitrogens with zero attached hydrogens (tertiary/aromatic N) is 2. The molecule has 110 valence electrons. The maximum absolute atomic E-state index is 13.2. The topological polar surface area (TPSA) is 25.4 Å². The van der Waals surface area contributed by atoms with Crippen molar-refractivity contribution in [2.75, 3.05) is 13.1 Å². The normalized spacial score (nSPS) is 19.0. The molecule has 0 bridgehead atoms. The van der Waals surface area contributed by atoms with Crippen molar-refractivity contribution in [2.24, 2.45) is 0 Å². The largest absolute Gasteiger partial charge is 0.371 e. The average Bonchev–Trinajstić information content (AvgIpc) is 2.94. The molecule has 21 heavy (non-hydrogen) atoms. The monoisotopic (exact) mass is 286 g/mol. The summed E-state index contributed by atoms with van der Waals surface area (Å²) in [6.07, 6.45) is 3.03. The van der Waals surface area contributed by atoms with Gasteiger partial charge in [-0.25, -0.2) is 4.39 Å². The van der Waals surface area contributed by atoms with E-state index in [0.29, 0.717) is 6.61 Å². The van der Waals surface area contributed by atoms with Crippen molar-refractivity contribution in [3.8, 4) is 0 Å². The summed E-state index contributed by atoms with van der Waals surface area (Å²) in [6.45, 7) is 3.22. The third-order valence-electron chi connectivity index (χ3n) is 3.72. The van der Waals surface area contributed by atoms with E-state index in [2.05, 4.69) is 9.88 Å². The van der Waals surface area contributed by atoms with Gasteiger partial charge in [0, 0.05) is 25.8 Å². The van der Waals surface area contributed by atoms with Crippen molar-refractivity contribution in [3.63, 3.8) is 0 Å². The number of hydrogen-bond acceptors (Lipinski definition) is 3. The fourth-order valence-corrected chi connectivity index (χ4v) is 2.66. The van der Waals surface area contributed by atoms with Crippen molar-refractivity contribution in [3.05, 3.63) is 65.7 Å². The lowest BCUT2D eigenvalue weighted by Crippen LogP contribution is -2.23. The Morgan fingerprint density at radius 2 is 2.19 bits per heavy atom. The van der Waals surface area contributed by atoms with Crippen LogP contribution in [-0.4, -0.2) is 29.1 Å². The number of hydrogen-bond donors (Lipinski definition) is 0. The quantitative estimate of drug-likeness (QED) is 0.845. The van der Waals surface area contributed by atoms with Crippen molar-refractivity contribution < 1.29 is 9.13 Å². The molecule has 1 aliphatic rings. The average molecular weight is 286 g/mol. The summed E-state index contributed by atoms with van der Waals surface area (Å²) >= 11 is 0. The summed E-state index contributed by atoms with van der Waals surface area (Å²) in [4.78, 5) is 6.56. The highest BCUT2D eigenvalue weighted by Gasteiger charge is 2.23. The van der Waals surface area contributed by atoms with Gasteiger partial charge in [0.15, 0.2) is 0 Å². The van der Waals surface area contributed by atoms with Gasteiger partial charge in [-0.2, -0.15) is 0 Å². The standard InChI is InChI=1S/C17H19FN2O/c18-15-5-3-4-14(10-15)11-20-9-7-17(12-20)21-13-16-6-1-2-8-19-16/h1-6,8,10,17H,7,9,11-13H2/t17-/m1/s1. The lowest BCUT2D eigenvalue weighted by atomic mass is 10.2. The minimum Gasteiger partial charge on any atom is -0.371 e. The number of aromatic nitrogens is 1. The minimum absolute atomic E-state index is 0.172. The summed E-state index contributed by atoms with van der Waals surface area (Å²) in [5.74, 6) is -0.172. The highest BCUT2D eigenvalue weighted by Crippen LogP contribution is 2.17. The maximum Gasteiger partial charge on any atom is 0.123 e. The summed E-state index contributed by atoms with van der Waals surface area (Å²) in [5.41, 5.74) is 1.97. The molecule has 0 radical (unpaired) electrons. The predicted octanol–water partition coefficient (Wildman–Crippen LogP) is 3.01. The molecule has 2 aromatic rings. The van der Waals surface area contributed by atoms with E-state index in [4.69, 9.17) is 4.74 Å². The zero-order valence-electron chi connectivity index (χ0n) is 11.9. The lowest BCUT2D eigenvalue weighted by molar-refractivity contribution is 0.0443. The Balaban J connectivity index is 1.47. The molecule has 0 saturated carbocycles. The van der Waals surface area contributed by atoms with Crippen LogP contribution in [0, 0.1) is 5.82 Å². The predicted molar refractivity (Wildman–Crippen MR) is 79.1 cm³/mol. The zero-order valence-corrected chi connectivity index (χ0v) is 11.9. The molecule has 3 rings (SSSR count). The molecule has 1 aromatic heterocycles. The third kappa shape index (κ3) is 4.09. The molecule has 2 heterocycles.